The first-order valence-electron chi connectivity index (χ1n) is 11.3. The molecule has 2 aromatic rings. The van der Waals surface area contributed by atoms with E-state index in [1.165, 1.54) is 25.0 Å². The Bertz CT molecular complexity index is 890. The number of carbonyl (C=O) groups is 1. The molecule has 0 saturated heterocycles. The SMILES string of the molecule is CC(/C=C/CCCCCCCOc1ccc2cc(F)ccc2n1)=C\C(=O)NCC(C)C. The number of unbranched alkanes of at least 4 members (excludes halogenated alkanes) is 5. The fraction of sp³-hybridized carbons (Fsp3) is 0.462. The number of carbonyl (C=O) groups excluding carboxylic acids is 1. The van der Waals surface area contributed by atoms with Crippen molar-refractivity contribution in [2.75, 3.05) is 13.2 Å². The van der Waals surface area contributed by atoms with Gasteiger partial charge in [-0.1, -0.05) is 45.3 Å². The van der Waals surface area contributed by atoms with Crippen molar-refractivity contribution in [2.24, 2.45) is 5.92 Å². The van der Waals surface area contributed by atoms with Gasteiger partial charge in [-0.3, -0.25) is 4.79 Å². The summed E-state index contributed by atoms with van der Waals surface area (Å²) in [5.41, 5.74) is 1.72. The van der Waals surface area contributed by atoms with Crippen LogP contribution >= 0.6 is 0 Å². The number of benzene rings is 1. The van der Waals surface area contributed by atoms with Crippen LogP contribution in [0.5, 0.6) is 5.88 Å². The average molecular weight is 427 g/mol. The topological polar surface area (TPSA) is 51.2 Å². The molecule has 0 spiro atoms. The summed E-state index contributed by atoms with van der Waals surface area (Å²) in [6, 6.07) is 8.19. The molecule has 31 heavy (non-hydrogen) atoms. The maximum absolute atomic E-state index is 13.2. The maximum atomic E-state index is 13.2. The summed E-state index contributed by atoms with van der Waals surface area (Å²) in [6.45, 7) is 7.46. The second-order valence-electron chi connectivity index (χ2n) is 8.32. The lowest BCUT2D eigenvalue weighted by atomic mass is 10.1. The molecular formula is C26H35FN2O2. The molecule has 0 radical (unpaired) electrons. The molecule has 0 atom stereocenters. The molecule has 1 aromatic carbocycles. The molecule has 2 rings (SSSR count). The van der Waals surface area contributed by atoms with E-state index in [1.54, 1.807) is 18.2 Å². The number of aromatic nitrogens is 1. The standard InChI is InChI=1S/C26H35FN2O2/c1-20(2)19-28-25(30)17-21(3)11-9-7-5-4-6-8-10-16-31-26-15-12-22-18-23(27)13-14-24(22)29-26/h9,11-15,17-18,20H,4-8,10,16,19H2,1-3H3,(H,28,30)/b11-9+,21-17+. The van der Waals surface area contributed by atoms with Crippen LogP contribution in [0.1, 0.15) is 59.3 Å². The van der Waals surface area contributed by atoms with Crippen molar-refractivity contribution in [2.45, 2.75) is 59.3 Å². The number of nitrogens with zero attached hydrogens (tertiary/aromatic N) is 1. The molecule has 4 nitrogen and oxygen atoms in total. The van der Waals surface area contributed by atoms with E-state index < -0.39 is 0 Å². The molecule has 1 aromatic heterocycles. The summed E-state index contributed by atoms with van der Waals surface area (Å²) in [5.74, 6) is 0.771. The zero-order chi connectivity index (χ0) is 22.5. The molecule has 0 aliphatic heterocycles. The van der Waals surface area contributed by atoms with Crippen LogP contribution in [0, 0.1) is 11.7 Å². The minimum Gasteiger partial charge on any atom is -0.478 e. The maximum Gasteiger partial charge on any atom is 0.244 e. The Hall–Kier alpha value is -2.69. The number of halogens is 1. The quantitative estimate of drug-likeness (QED) is 0.230. The fourth-order valence-corrected chi connectivity index (χ4v) is 3.11. The second-order valence-corrected chi connectivity index (χ2v) is 8.32. The number of allylic oxidation sites excluding steroid dienone is 3. The van der Waals surface area contributed by atoms with E-state index in [0.717, 1.165) is 42.2 Å². The van der Waals surface area contributed by atoms with Crippen LogP contribution in [0.2, 0.25) is 0 Å². The summed E-state index contributed by atoms with van der Waals surface area (Å²) in [6.07, 6.45) is 12.5. The Balaban J connectivity index is 1.52. The third kappa shape index (κ3) is 10.3. The highest BCUT2D eigenvalue weighted by molar-refractivity contribution is 5.88. The van der Waals surface area contributed by atoms with Gasteiger partial charge in [0.1, 0.15) is 5.82 Å². The van der Waals surface area contributed by atoms with Gasteiger partial charge < -0.3 is 10.1 Å². The van der Waals surface area contributed by atoms with Gasteiger partial charge in [-0.15, -0.1) is 0 Å². The van der Waals surface area contributed by atoms with E-state index in [1.807, 2.05) is 19.1 Å². The molecule has 0 unspecified atom stereocenters. The van der Waals surface area contributed by atoms with Gasteiger partial charge in [-0.25, -0.2) is 9.37 Å². The van der Waals surface area contributed by atoms with Gasteiger partial charge in [0.05, 0.1) is 12.1 Å². The Morgan fingerprint density at radius 1 is 1.13 bits per heavy atom. The van der Waals surface area contributed by atoms with Crippen molar-refractivity contribution >= 4 is 16.8 Å². The molecule has 168 valence electrons. The first-order valence-corrected chi connectivity index (χ1v) is 11.3. The van der Waals surface area contributed by atoms with Crippen molar-refractivity contribution < 1.29 is 13.9 Å². The van der Waals surface area contributed by atoms with Gasteiger partial charge in [0.2, 0.25) is 11.8 Å². The van der Waals surface area contributed by atoms with Gasteiger partial charge in [-0.2, -0.15) is 0 Å². The highest BCUT2D eigenvalue weighted by atomic mass is 19.1. The third-order valence-corrected chi connectivity index (χ3v) is 4.81. The fourth-order valence-electron chi connectivity index (χ4n) is 3.11. The van der Waals surface area contributed by atoms with E-state index in [9.17, 15) is 9.18 Å². The first kappa shape index (κ1) is 24.6. The van der Waals surface area contributed by atoms with Crippen LogP contribution < -0.4 is 10.1 Å². The Kier molecular flexibility index (Phi) is 10.8. The average Bonchev–Trinajstić information content (AvgIpc) is 2.73. The molecule has 0 aliphatic carbocycles. The van der Waals surface area contributed by atoms with E-state index in [4.69, 9.17) is 4.74 Å². The molecular weight excluding hydrogens is 391 g/mol. The highest BCUT2D eigenvalue weighted by Gasteiger charge is 2.01. The number of hydrogen-bond acceptors (Lipinski definition) is 3. The monoisotopic (exact) mass is 426 g/mol. The zero-order valence-corrected chi connectivity index (χ0v) is 19.0. The Morgan fingerprint density at radius 2 is 1.90 bits per heavy atom. The number of hydrogen-bond donors (Lipinski definition) is 1. The Labute approximate surface area is 185 Å². The Morgan fingerprint density at radius 3 is 2.71 bits per heavy atom. The normalized spacial score (nSPS) is 12.1. The van der Waals surface area contributed by atoms with Gasteiger partial charge >= 0.3 is 0 Å². The van der Waals surface area contributed by atoms with E-state index >= 15 is 0 Å². The molecule has 0 aliphatic rings. The minimum absolute atomic E-state index is 0.0224. The lowest BCUT2D eigenvalue weighted by Gasteiger charge is -2.06. The summed E-state index contributed by atoms with van der Waals surface area (Å²) in [7, 11) is 0. The molecule has 5 heteroatoms. The van der Waals surface area contributed by atoms with E-state index in [2.05, 4.69) is 30.2 Å². The lowest BCUT2D eigenvalue weighted by Crippen LogP contribution is -2.25. The molecule has 1 N–H and O–H groups in total. The second kappa shape index (κ2) is 13.6. The van der Waals surface area contributed by atoms with Crippen LogP contribution in [0.25, 0.3) is 10.9 Å². The number of rotatable bonds is 13. The summed E-state index contributed by atoms with van der Waals surface area (Å²) in [5, 5.41) is 3.67. The van der Waals surface area contributed by atoms with Crippen molar-refractivity contribution in [3.63, 3.8) is 0 Å². The lowest BCUT2D eigenvalue weighted by molar-refractivity contribution is -0.116. The van der Waals surface area contributed by atoms with Crippen LogP contribution in [-0.4, -0.2) is 24.0 Å². The van der Waals surface area contributed by atoms with Crippen molar-refractivity contribution in [3.05, 3.63) is 60.0 Å². The van der Waals surface area contributed by atoms with Gasteiger partial charge in [0.15, 0.2) is 0 Å². The van der Waals surface area contributed by atoms with Crippen LogP contribution in [0.3, 0.4) is 0 Å². The summed E-state index contributed by atoms with van der Waals surface area (Å²) >= 11 is 0. The number of nitrogens with one attached hydrogen (secondary N) is 1. The number of ether oxygens (including phenoxy) is 1. The van der Waals surface area contributed by atoms with Gasteiger partial charge in [0, 0.05) is 24.1 Å². The summed E-state index contributed by atoms with van der Waals surface area (Å²) < 4.78 is 18.9. The first-order chi connectivity index (χ1) is 14.9. The third-order valence-electron chi connectivity index (χ3n) is 4.81. The van der Waals surface area contributed by atoms with Crippen LogP contribution in [0.15, 0.2) is 54.1 Å². The number of fused-ring (bicyclic) bond motifs is 1. The summed E-state index contributed by atoms with van der Waals surface area (Å²) in [4.78, 5) is 16.1. The van der Waals surface area contributed by atoms with Crippen LogP contribution in [0.4, 0.5) is 4.39 Å². The number of pyridine rings is 1. The van der Waals surface area contributed by atoms with Crippen LogP contribution in [-0.2, 0) is 4.79 Å². The molecule has 1 amide bonds. The molecule has 0 bridgehead atoms. The van der Waals surface area contributed by atoms with Crippen molar-refractivity contribution in [1.29, 1.82) is 0 Å². The van der Waals surface area contributed by atoms with Gasteiger partial charge in [-0.05, 0) is 61.9 Å². The molecule has 0 saturated carbocycles. The molecule has 1 heterocycles. The minimum atomic E-state index is -0.255. The predicted molar refractivity (Wildman–Crippen MR) is 126 cm³/mol. The predicted octanol–water partition coefficient (Wildman–Crippen LogP) is 6.37. The van der Waals surface area contributed by atoms with E-state index in [0.29, 0.717) is 24.9 Å². The van der Waals surface area contributed by atoms with Crippen molar-refractivity contribution in [1.82, 2.24) is 10.3 Å². The van der Waals surface area contributed by atoms with Gasteiger partial charge in [0.25, 0.3) is 0 Å². The number of amides is 1. The van der Waals surface area contributed by atoms with E-state index in [-0.39, 0.29) is 11.7 Å². The highest BCUT2D eigenvalue weighted by Crippen LogP contribution is 2.18. The zero-order valence-electron chi connectivity index (χ0n) is 19.0. The molecule has 0 fully saturated rings. The smallest absolute Gasteiger partial charge is 0.244 e. The van der Waals surface area contributed by atoms with Crippen molar-refractivity contribution in [3.8, 4) is 5.88 Å². The largest absolute Gasteiger partial charge is 0.478 e.